The number of hydrogen-bond donors (Lipinski definition) is 0. The molecule has 1 amide bonds. The van der Waals surface area contributed by atoms with Crippen molar-refractivity contribution in [3.8, 4) is 0 Å². The van der Waals surface area contributed by atoms with Crippen LogP contribution in [0, 0.1) is 12.7 Å². The largest absolute Gasteiger partial charge is 0.448 e. The summed E-state index contributed by atoms with van der Waals surface area (Å²) in [5.41, 5.74) is 2.49. The molecule has 0 spiro atoms. The van der Waals surface area contributed by atoms with Gasteiger partial charge in [0.05, 0.1) is 18.2 Å². The van der Waals surface area contributed by atoms with E-state index in [4.69, 9.17) is 9.57 Å². The lowest BCUT2D eigenvalue weighted by Gasteiger charge is -2.29. The van der Waals surface area contributed by atoms with E-state index in [-0.39, 0.29) is 18.0 Å². The molecule has 0 aliphatic carbocycles. The maximum Gasteiger partial charge on any atom is 0.342 e. The standard InChI is InChI=1S/C20H18FNO4/c1-12-5-7-13(8-6-12)16-9-10-25-22(16)19(23)17-11-14-3-2-4-15(21)18(14)20(24)26-17/h2-8,16-17H,9-11H2,1H3. The second-order valence-electron chi connectivity index (χ2n) is 6.58. The highest BCUT2D eigenvalue weighted by Crippen LogP contribution is 2.33. The van der Waals surface area contributed by atoms with Gasteiger partial charge >= 0.3 is 5.97 Å². The molecule has 1 fully saturated rings. The molecule has 6 heteroatoms. The lowest BCUT2D eigenvalue weighted by molar-refractivity contribution is -0.186. The molecule has 134 valence electrons. The number of hydrogen-bond acceptors (Lipinski definition) is 4. The van der Waals surface area contributed by atoms with Crippen LogP contribution in [0.1, 0.15) is 39.5 Å². The van der Waals surface area contributed by atoms with Crippen LogP contribution in [-0.4, -0.2) is 29.7 Å². The molecule has 2 unspecified atom stereocenters. The Bertz CT molecular complexity index is 865. The first-order valence-electron chi connectivity index (χ1n) is 8.55. The Morgan fingerprint density at radius 3 is 2.73 bits per heavy atom. The molecule has 0 bridgehead atoms. The molecule has 0 N–H and O–H groups in total. The summed E-state index contributed by atoms with van der Waals surface area (Å²) in [7, 11) is 0. The Kier molecular flexibility index (Phi) is 4.20. The van der Waals surface area contributed by atoms with Crippen molar-refractivity contribution in [2.24, 2.45) is 0 Å². The van der Waals surface area contributed by atoms with E-state index in [1.807, 2.05) is 31.2 Å². The van der Waals surface area contributed by atoms with Gasteiger partial charge < -0.3 is 4.74 Å². The average Bonchev–Trinajstić information content (AvgIpc) is 3.11. The lowest BCUT2D eigenvalue weighted by atomic mass is 9.97. The van der Waals surface area contributed by atoms with Crippen LogP contribution in [0.25, 0.3) is 0 Å². The van der Waals surface area contributed by atoms with Gasteiger partial charge in [-0.15, -0.1) is 0 Å². The summed E-state index contributed by atoms with van der Waals surface area (Å²) in [6, 6.07) is 12.0. The highest BCUT2D eigenvalue weighted by Gasteiger charge is 2.40. The summed E-state index contributed by atoms with van der Waals surface area (Å²) in [5.74, 6) is -1.86. The van der Waals surface area contributed by atoms with Crippen LogP contribution in [0.4, 0.5) is 4.39 Å². The molecule has 1 saturated heterocycles. The van der Waals surface area contributed by atoms with Crippen LogP contribution in [-0.2, 0) is 20.8 Å². The number of nitrogens with zero attached hydrogens (tertiary/aromatic N) is 1. The van der Waals surface area contributed by atoms with Gasteiger partial charge in [-0.25, -0.2) is 14.2 Å². The van der Waals surface area contributed by atoms with Gasteiger partial charge in [-0.2, -0.15) is 0 Å². The molecule has 2 heterocycles. The normalized spacial score (nSPS) is 22.1. The van der Waals surface area contributed by atoms with Gasteiger partial charge in [-0.1, -0.05) is 42.0 Å². The molecule has 4 rings (SSSR count). The Labute approximate surface area is 150 Å². The number of cyclic esters (lactones) is 1. The third-order valence-corrected chi connectivity index (χ3v) is 4.82. The van der Waals surface area contributed by atoms with Crippen molar-refractivity contribution >= 4 is 11.9 Å². The first kappa shape index (κ1) is 16.7. The van der Waals surface area contributed by atoms with Crippen molar-refractivity contribution in [3.63, 3.8) is 0 Å². The Hall–Kier alpha value is -2.73. The molecule has 0 aromatic heterocycles. The highest BCUT2D eigenvalue weighted by molar-refractivity contribution is 5.96. The topological polar surface area (TPSA) is 55.8 Å². The van der Waals surface area contributed by atoms with E-state index in [1.54, 1.807) is 6.07 Å². The number of aryl methyl sites for hydroxylation is 1. The molecule has 2 aromatic carbocycles. The predicted molar refractivity (Wildman–Crippen MR) is 90.6 cm³/mol. The number of benzene rings is 2. The summed E-state index contributed by atoms with van der Waals surface area (Å²) in [6.07, 6.45) is -0.207. The van der Waals surface area contributed by atoms with Gasteiger partial charge in [0, 0.05) is 12.8 Å². The van der Waals surface area contributed by atoms with E-state index in [9.17, 15) is 14.0 Å². The number of halogens is 1. The summed E-state index contributed by atoms with van der Waals surface area (Å²) in [5, 5.41) is 1.30. The van der Waals surface area contributed by atoms with E-state index in [2.05, 4.69) is 0 Å². The molecule has 5 nitrogen and oxygen atoms in total. The monoisotopic (exact) mass is 355 g/mol. The minimum atomic E-state index is -1.01. The van der Waals surface area contributed by atoms with Gasteiger partial charge in [0.1, 0.15) is 5.82 Å². The van der Waals surface area contributed by atoms with Crippen LogP contribution in [0.2, 0.25) is 0 Å². The molecular formula is C20H18FNO4. The molecule has 0 saturated carbocycles. The van der Waals surface area contributed by atoms with Crippen molar-refractivity contribution in [3.05, 3.63) is 70.5 Å². The zero-order valence-electron chi connectivity index (χ0n) is 14.3. The fourth-order valence-electron chi connectivity index (χ4n) is 3.45. The van der Waals surface area contributed by atoms with Crippen molar-refractivity contribution in [2.45, 2.75) is 31.9 Å². The third-order valence-electron chi connectivity index (χ3n) is 4.82. The number of hydroxylamine groups is 2. The van der Waals surface area contributed by atoms with Crippen molar-refractivity contribution < 1.29 is 23.6 Å². The first-order chi connectivity index (χ1) is 12.5. The number of amides is 1. The minimum absolute atomic E-state index is 0.0889. The van der Waals surface area contributed by atoms with Crippen LogP contribution < -0.4 is 0 Å². The second-order valence-corrected chi connectivity index (χ2v) is 6.58. The molecular weight excluding hydrogens is 337 g/mol. The van der Waals surface area contributed by atoms with Gasteiger partial charge in [-0.3, -0.25) is 9.63 Å². The van der Waals surface area contributed by atoms with Gasteiger partial charge in [0.15, 0.2) is 6.10 Å². The van der Waals surface area contributed by atoms with Crippen LogP contribution >= 0.6 is 0 Å². The van der Waals surface area contributed by atoms with E-state index in [1.165, 1.54) is 17.2 Å². The minimum Gasteiger partial charge on any atom is -0.448 e. The quantitative estimate of drug-likeness (QED) is 0.777. The molecule has 2 aromatic rings. The molecule has 26 heavy (non-hydrogen) atoms. The summed E-state index contributed by atoms with van der Waals surface area (Å²) >= 11 is 0. The maximum atomic E-state index is 13.8. The molecule has 2 atom stereocenters. The highest BCUT2D eigenvalue weighted by atomic mass is 19.1. The Balaban J connectivity index is 1.57. The van der Waals surface area contributed by atoms with Crippen LogP contribution in [0.5, 0.6) is 0 Å². The van der Waals surface area contributed by atoms with Crippen LogP contribution in [0.3, 0.4) is 0 Å². The fourth-order valence-corrected chi connectivity index (χ4v) is 3.45. The number of fused-ring (bicyclic) bond motifs is 1. The summed E-state index contributed by atoms with van der Waals surface area (Å²) in [6.45, 7) is 2.41. The second kappa shape index (κ2) is 6.53. The van der Waals surface area contributed by atoms with E-state index < -0.39 is 23.8 Å². The smallest absolute Gasteiger partial charge is 0.342 e. The van der Waals surface area contributed by atoms with Gasteiger partial charge in [0.2, 0.25) is 0 Å². The molecule has 2 aliphatic rings. The van der Waals surface area contributed by atoms with Crippen molar-refractivity contribution in [2.75, 3.05) is 6.61 Å². The third kappa shape index (κ3) is 2.86. The summed E-state index contributed by atoms with van der Waals surface area (Å²) < 4.78 is 19.1. The van der Waals surface area contributed by atoms with Crippen molar-refractivity contribution in [1.29, 1.82) is 0 Å². The maximum absolute atomic E-state index is 13.8. The Morgan fingerprint density at radius 1 is 1.19 bits per heavy atom. The number of esters is 1. The number of ether oxygens (including phenoxy) is 1. The van der Waals surface area contributed by atoms with E-state index in [0.29, 0.717) is 18.6 Å². The SMILES string of the molecule is Cc1ccc(C2CCON2C(=O)C2Cc3cccc(F)c3C(=O)O2)cc1. The summed E-state index contributed by atoms with van der Waals surface area (Å²) in [4.78, 5) is 30.6. The first-order valence-corrected chi connectivity index (χ1v) is 8.55. The lowest BCUT2D eigenvalue weighted by Crippen LogP contribution is -2.43. The van der Waals surface area contributed by atoms with Gasteiger partial charge in [0.25, 0.3) is 5.91 Å². The zero-order valence-corrected chi connectivity index (χ0v) is 14.3. The van der Waals surface area contributed by atoms with E-state index >= 15 is 0 Å². The number of carbonyl (C=O) groups is 2. The number of carbonyl (C=O) groups excluding carboxylic acids is 2. The molecule has 0 radical (unpaired) electrons. The number of rotatable bonds is 2. The van der Waals surface area contributed by atoms with Crippen LogP contribution in [0.15, 0.2) is 42.5 Å². The average molecular weight is 355 g/mol. The van der Waals surface area contributed by atoms with Gasteiger partial charge in [-0.05, 0) is 24.1 Å². The fraction of sp³-hybridized carbons (Fsp3) is 0.300. The zero-order chi connectivity index (χ0) is 18.3. The molecule has 2 aliphatic heterocycles. The predicted octanol–water partition coefficient (Wildman–Crippen LogP) is 3.12. The van der Waals surface area contributed by atoms with Crippen molar-refractivity contribution in [1.82, 2.24) is 5.06 Å². The van der Waals surface area contributed by atoms with E-state index in [0.717, 1.165) is 11.1 Å². The Morgan fingerprint density at radius 2 is 1.96 bits per heavy atom.